The second-order valence-electron chi connectivity index (χ2n) is 5.56. The molecule has 0 atom stereocenters. The molecule has 0 radical (unpaired) electrons. The zero-order chi connectivity index (χ0) is 16.9. The normalized spacial score (nSPS) is 11.1. The van der Waals surface area contributed by atoms with Crippen LogP contribution in [0.25, 0.3) is 12.2 Å². The maximum absolute atomic E-state index is 12.4. The lowest BCUT2D eigenvalue weighted by Gasteiger charge is -2.05. The first-order valence-corrected chi connectivity index (χ1v) is 8.48. The van der Waals surface area contributed by atoms with E-state index in [-0.39, 0.29) is 5.56 Å². The van der Waals surface area contributed by atoms with Gasteiger partial charge in [-0.2, -0.15) is 0 Å². The van der Waals surface area contributed by atoms with E-state index in [4.69, 9.17) is 0 Å². The largest absolute Gasteiger partial charge is 0.307 e. The van der Waals surface area contributed by atoms with Crippen LogP contribution in [0.5, 0.6) is 0 Å². The van der Waals surface area contributed by atoms with Crippen LogP contribution in [0.1, 0.15) is 28.2 Å². The molecule has 1 N–H and O–H groups in total. The van der Waals surface area contributed by atoms with E-state index >= 15 is 0 Å². The lowest BCUT2D eigenvalue weighted by Crippen LogP contribution is -2.18. The van der Waals surface area contributed by atoms with Crippen LogP contribution >= 0.6 is 15.9 Å². The van der Waals surface area contributed by atoms with Gasteiger partial charge in [0, 0.05) is 22.2 Å². The van der Waals surface area contributed by atoms with Gasteiger partial charge in [0.15, 0.2) is 0 Å². The Balaban J connectivity index is 1.84. The van der Waals surface area contributed by atoms with E-state index in [2.05, 4.69) is 25.9 Å². The molecule has 0 amide bonds. The van der Waals surface area contributed by atoms with E-state index in [1.54, 1.807) is 0 Å². The molecule has 3 rings (SSSR count). The first kappa shape index (κ1) is 16.4. The van der Waals surface area contributed by atoms with Crippen LogP contribution in [0, 0.1) is 6.92 Å². The van der Waals surface area contributed by atoms with Gasteiger partial charge in [-0.1, -0.05) is 64.5 Å². The summed E-state index contributed by atoms with van der Waals surface area (Å²) in [6.07, 6.45) is 4.34. The predicted molar refractivity (Wildman–Crippen MR) is 102 cm³/mol. The van der Waals surface area contributed by atoms with Crippen LogP contribution in [0.15, 0.2) is 63.9 Å². The summed E-state index contributed by atoms with van der Waals surface area (Å²) in [5, 5.41) is 0. The monoisotopic (exact) mass is 380 g/mol. The topological polar surface area (TPSA) is 45.8 Å². The first-order valence-electron chi connectivity index (χ1n) is 7.69. The van der Waals surface area contributed by atoms with E-state index in [0.29, 0.717) is 17.8 Å². The van der Waals surface area contributed by atoms with Crippen molar-refractivity contribution in [2.45, 2.75) is 13.3 Å². The van der Waals surface area contributed by atoms with Gasteiger partial charge in [-0.15, -0.1) is 0 Å². The summed E-state index contributed by atoms with van der Waals surface area (Å²) in [4.78, 5) is 19.8. The Morgan fingerprint density at radius 1 is 1.04 bits per heavy atom. The average Bonchev–Trinajstić information content (AvgIpc) is 2.58. The fourth-order valence-electron chi connectivity index (χ4n) is 2.47. The molecule has 0 saturated carbocycles. The second kappa shape index (κ2) is 7.41. The number of nitrogens with one attached hydrogen (secondary N) is 1. The highest BCUT2D eigenvalue weighted by atomic mass is 79.9. The molecule has 2 aromatic carbocycles. The maximum Gasteiger partial charge on any atom is 0.254 e. The van der Waals surface area contributed by atoms with Gasteiger partial charge in [-0.05, 0) is 36.3 Å². The van der Waals surface area contributed by atoms with Crippen molar-refractivity contribution in [3.63, 3.8) is 0 Å². The van der Waals surface area contributed by atoms with Gasteiger partial charge in [0.05, 0.1) is 0 Å². The fourth-order valence-corrected chi connectivity index (χ4v) is 2.73. The number of nitrogens with zero attached hydrogens (tertiary/aromatic N) is 1. The third-order valence-electron chi connectivity index (χ3n) is 3.77. The molecule has 1 heterocycles. The molecule has 24 heavy (non-hydrogen) atoms. The van der Waals surface area contributed by atoms with Crippen LogP contribution in [-0.2, 0) is 6.42 Å². The highest BCUT2D eigenvalue weighted by molar-refractivity contribution is 9.10. The molecule has 4 heteroatoms. The lowest BCUT2D eigenvalue weighted by atomic mass is 10.1. The highest BCUT2D eigenvalue weighted by Gasteiger charge is 2.07. The lowest BCUT2D eigenvalue weighted by molar-refractivity contribution is 0.965. The van der Waals surface area contributed by atoms with Gasteiger partial charge in [0.25, 0.3) is 5.56 Å². The number of aromatic amines is 1. The minimum atomic E-state index is -0.0817. The van der Waals surface area contributed by atoms with Gasteiger partial charge in [0.1, 0.15) is 5.82 Å². The van der Waals surface area contributed by atoms with Crippen LogP contribution < -0.4 is 5.56 Å². The Kier molecular flexibility index (Phi) is 5.06. The van der Waals surface area contributed by atoms with E-state index < -0.39 is 0 Å². The van der Waals surface area contributed by atoms with Crippen LogP contribution in [-0.4, -0.2) is 9.97 Å². The summed E-state index contributed by atoms with van der Waals surface area (Å²) in [5.41, 5.74) is 3.54. The number of H-pyrrole nitrogens is 1. The van der Waals surface area contributed by atoms with Gasteiger partial charge in [-0.25, -0.2) is 4.98 Å². The van der Waals surface area contributed by atoms with Gasteiger partial charge < -0.3 is 4.98 Å². The number of hydrogen-bond acceptors (Lipinski definition) is 2. The van der Waals surface area contributed by atoms with Gasteiger partial charge in [0.2, 0.25) is 0 Å². The minimum absolute atomic E-state index is 0.0817. The average molecular weight is 381 g/mol. The number of hydrogen-bond donors (Lipinski definition) is 1. The zero-order valence-electron chi connectivity index (χ0n) is 13.3. The molecule has 0 bridgehead atoms. The third-order valence-corrected chi connectivity index (χ3v) is 4.30. The number of aromatic nitrogens is 2. The van der Waals surface area contributed by atoms with Crippen molar-refractivity contribution in [2.24, 2.45) is 0 Å². The highest BCUT2D eigenvalue weighted by Crippen LogP contribution is 2.13. The molecule has 3 aromatic rings. The van der Waals surface area contributed by atoms with Crippen molar-refractivity contribution in [3.8, 4) is 0 Å². The van der Waals surface area contributed by atoms with E-state index in [0.717, 1.165) is 21.3 Å². The predicted octanol–water partition coefficient (Wildman–Crippen LogP) is 4.60. The molecule has 120 valence electrons. The molecule has 0 spiro atoms. The van der Waals surface area contributed by atoms with E-state index in [1.165, 1.54) is 0 Å². The second-order valence-corrected chi connectivity index (χ2v) is 6.48. The van der Waals surface area contributed by atoms with Crippen molar-refractivity contribution in [1.82, 2.24) is 9.97 Å². The molecular formula is C20H17BrN2O. The maximum atomic E-state index is 12.4. The molecule has 0 unspecified atom stereocenters. The van der Waals surface area contributed by atoms with Gasteiger partial charge in [-0.3, -0.25) is 4.79 Å². The van der Waals surface area contributed by atoms with Crippen molar-refractivity contribution in [1.29, 1.82) is 0 Å². The minimum Gasteiger partial charge on any atom is -0.307 e. The summed E-state index contributed by atoms with van der Waals surface area (Å²) in [7, 11) is 0. The summed E-state index contributed by atoms with van der Waals surface area (Å²) < 4.78 is 1.03. The Labute approximate surface area is 149 Å². The molecule has 1 aromatic heterocycles. The van der Waals surface area contributed by atoms with Crippen molar-refractivity contribution < 1.29 is 0 Å². The fraction of sp³-hybridized carbons (Fsp3) is 0.100. The number of halogens is 1. The van der Waals surface area contributed by atoms with Crippen LogP contribution in [0.2, 0.25) is 0 Å². The van der Waals surface area contributed by atoms with Crippen molar-refractivity contribution in [2.75, 3.05) is 0 Å². The Hall–Kier alpha value is -2.46. The molecule has 0 aliphatic carbocycles. The molecule has 0 aliphatic heterocycles. The molecular weight excluding hydrogens is 364 g/mol. The Bertz CT molecular complexity index is 913. The number of benzene rings is 2. The zero-order valence-corrected chi connectivity index (χ0v) is 14.9. The summed E-state index contributed by atoms with van der Waals surface area (Å²) >= 11 is 3.41. The van der Waals surface area contributed by atoms with Crippen molar-refractivity contribution >= 4 is 28.1 Å². The third kappa shape index (κ3) is 4.09. The van der Waals surface area contributed by atoms with E-state index in [1.807, 2.05) is 73.7 Å². The Morgan fingerprint density at radius 2 is 1.75 bits per heavy atom. The summed E-state index contributed by atoms with van der Waals surface area (Å²) in [5.74, 6) is 0.567. The van der Waals surface area contributed by atoms with E-state index in [9.17, 15) is 4.79 Å². The van der Waals surface area contributed by atoms with Crippen LogP contribution in [0.4, 0.5) is 0 Å². The quantitative estimate of drug-likeness (QED) is 0.718. The Morgan fingerprint density at radius 3 is 2.42 bits per heavy atom. The number of aryl methyl sites for hydroxylation is 1. The molecule has 0 fully saturated rings. The standard InChI is InChI=1S/C20H17BrN2O/c1-14-18(13-16-5-3-2-4-6-16)20(24)23-19(22-14)12-9-15-7-10-17(21)11-8-15/h2-12H,13H2,1H3,(H,22,23,24)/b12-9+. The van der Waals surface area contributed by atoms with Gasteiger partial charge >= 0.3 is 0 Å². The molecule has 0 saturated heterocycles. The summed E-state index contributed by atoms with van der Waals surface area (Å²) in [6, 6.07) is 17.9. The molecule has 3 nitrogen and oxygen atoms in total. The SMILES string of the molecule is Cc1nc(/C=C/c2ccc(Br)cc2)[nH]c(=O)c1Cc1ccccc1. The first-order chi connectivity index (χ1) is 11.6. The smallest absolute Gasteiger partial charge is 0.254 e. The van der Waals surface area contributed by atoms with Crippen molar-refractivity contribution in [3.05, 3.63) is 97.6 Å². The molecule has 0 aliphatic rings. The van der Waals surface area contributed by atoms with Crippen LogP contribution in [0.3, 0.4) is 0 Å². The number of rotatable bonds is 4. The summed E-state index contributed by atoms with van der Waals surface area (Å²) in [6.45, 7) is 1.88.